The molecule has 1 aromatic heterocycles. The van der Waals surface area contributed by atoms with Crippen molar-refractivity contribution in [3.8, 4) is 5.75 Å². The summed E-state index contributed by atoms with van der Waals surface area (Å²) in [6.07, 6.45) is 0. The SMILES string of the molecule is Cl.O=C(O)c1oc2ccccc2c(=O)c1OCc1ccccc1. The fourth-order valence-electron chi connectivity index (χ4n) is 2.13. The lowest BCUT2D eigenvalue weighted by atomic mass is 10.2. The van der Waals surface area contributed by atoms with Crippen LogP contribution in [0.4, 0.5) is 0 Å². The van der Waals surface area contributed by atoms with Gasteiger partial charge < -0.3 is 14.3 Å². The van der Waals surface area contributed by atoms with Crippen LogP contribution in [0, 0.1) is 0 Å². The summed E-state index contributed by atoms with van der Waals surface area (Å²) in [5.41, 5.74) is 0.554. The Morgan fingerprint density at radius 2 is 1.70 bits per heavy atom. The monoisotopic (exact) mass is 332 g/mol. The average Bonchev–Trinajstić information content (AvgIpc) is 2.54. The molecule has 2 aromatic carbocycles. The van der Waals surface area contributed by atoms with Gasteiger partial charge in [0, 0.05) is 0 Å². The summed E-state index contributed by atoms with van der Waals surface area (Å²) in [4.78, 5) is 23.7. The van der Waals surface area contributed by atoms with Crippen molar-refractivity contribution in [2.24, 2.45) is 0 Å². The summed E-state index contributed by atoms with van der Waals surface area (Å²) in [5, 5.41) is 9.52. The lowest BCUT2D eigenvalue weighted by molar-refractivity contribution is 0.0654. The third kappa shape index (κ3) is 3.35. The molecule has 1 heterocycles. The molecule has 0 saturated heterocycles. The number of halogens is 1. The van der Waals surface area contributed by atoms with Crippen molar-refractivity contribution in [1.82, 2.24) is 0 Å². The summed E-state index contributed by atoms with van der Waals surface area (Å²) in [6.45, 7) is 0.0875. The first-order valence-corrected chi connectivity index (χ1v) is 6.62. The fourth-order valence-corrected chi connectivity index (χ4v) is 2.13. The first-order valence-electron chi connectivity index (χ1n) is 6.62. The maximum atomic E-state index is 12.4. The predicted molar refractivity (Wildman–Crippen MR) is 87.5 cm³/mol. The Bertz CT molecular complexity index is 886. The van der Waals surface area contributed by atoms with Crippen molar-refractivity contribution in [3.05, 3.63) is 76.1 Å². The standard InChI is InChI=1S/C17H12O5.ClH/c18-14-12-8-4-5-9-13(12)22-16(17(19)20)15(14)21-10-11-6-2-1-3-7-11;/h1-9H,10H2,(H,19,20);1H. The Hall–Kier alpha value is -2.79. The number of carbonyl (C=O) groups is 1. The molecule has 0 amide bonds. The highest BCUT2D eigenvalue weighted by Crippen LogP contribution is 2.21. The number of fused-ring (bicyclic) bond motifs is 1. The van der Waals surface area contributed by atoms with Crippen molar-refractivity contribution in [2.45, 2.75) is 6.61 Å². The van der Waals surface area contributed by atoms with Gasteiger partial charge in [-0.2, -0.15) is 0 Å². The zero-order chi connectivity index (χ0) is 15.5. The van der Waals surface area contributed by atoms with Crippen molar-refractivity contribution in [2.75, 3.05) is 0 Å². The molecule has 1 N–H and O–H groups in total. The second-order valence-electron chi connectivity index (χ2n) is 4.67. The van der Waals surface area contributed by atoms with E-state index in [-0.39, 0.29) is 35.7 Å². The molecule has 3 aromatic rings. The molecule has 0 unspecified atom stereocenters. The summed E-state index contributed by atoms with van der Waals surface area (Å²) < 4.78 is 10.7. The van der Waals surface area contributed by atoms with Crippen molar-refractivity contribution >= 4 is 29.3 Å². The molecule has 0 atom stereocenters. The largest absolute Gasteiger partial charge is 0.481 e. The van der Waals surface area contributed by atoms with Gasteiger partial charge in [0.15, 0.2) is 0 Å². The molecule has 0 aliphatic heterocycles. The highest BCUT2D eigenvalue weighted by atomic mass is 35.5. The molecule has 0 fully saturated rings. The minimum absolute atomic E-state index is 0. The van der Waals surface area contributed by atoms with Crippen LogP contribution >= 0.6 is 12.4 Å². The number of hydrogen-bond donors (Lipinski definition) is 1. The molecular weight excluding hydrogens is 320 g/mol. The van der Waals surface area contributed by atoms with E-state index >= 15 is 0 Å². The van der Waals surface area contributed by atoms with E-state index in [9.17, 15) is 14.7 Å². The van der Waals surface area contributed by atoms with Gasteiger partial charge in [-0.05, 0) is 17.7 Å². The molecule has 0 aliphatic rings. The van der Waals surface area contributed by atoms with Crippen LogP contribution in [-0.4, -0.2) is 11.1 Å². The Morgan fingerprint density at radius 1 is 1.04 bits per heavy atom. The van der Waals surface area contributed by atoms with Crippen LogP contribution in [0.5, 0.6) is 5.75 Å². The Morgan fingerprint density at radius 3 is 2.39 bits per heavy atom. The molecule has 0 bridgehead atoms. The molecule has 23 heavy (non-hydrogen) atoms. The van der Waals surface area contributed by atoms with Gasteiger partial charge in [0.05, 0.1) is 5.39 Å². The van der Waals surface area contributed by atoms with E-state index in [1.54, 1.807) is 24.3 Å². The Labute approximate surface area is 137 Å². The van der Waals surface area contributed by atoms with Crippen LogP contribution in [0.25, 0.3) is 11.0 Å². The molecule has 6 heteroatoms. The maximum Gasteiger partial charge on any atom is 0.375 e. The molecule has 0 saturated carbocycles. The number of hydrogen-bond acceptors (Lipinski definition) is 4. The number of carboxylic acids is 1. The smallest absolute Gasteiger partial charge is 0.375 e. The number of rotatable bonds is 4. The molecular formula is C17H13ClO5. The van der Waals surface area contributed by atoms with Crippen LogP contribution in [0.3, 0.4) is 0 Å². The Balaban J connectivity index is 0.00000192. The third-order valence-corrected chi connectivity index (χ3v) is 3.18. The fraction of sp³-hybridized carbons (Fsp3) is 0.0588. The summed E-state index contributed by atoms with van der Waals surface area (Å²) in [5.74, 6) is -2.11. The second-order valence-corrected chi connectivity index (χ2v) is 4.67. The molecule has 5 nitrogen and oxygen atoms in total. The summed E-state index contributed by atoms with van der Waals surface area (Å²) >= 11 is 0. The normalized spacial score (nSPS) is 10.1. The van der Waals surface area contributed by atoms with E-state index in [1.165, 1.54) is 0 Å². The number of ether oxygens (including phenoxy) is 1. The van der Waals surface area contributed by atoms with Gasteiger partial charge in [0.2, 0.25) is 11.2 Å². The highest BCUT2D eigenvalue weighted by Gasteiger charge is 2.21. The minimum Gasteiger partial charge on any atom is -0.481 e. The zero-order valence-corrected chi connectivity index (χ0v) is 12.7. The van der Waals surface area contributed by atoms with Crippen molar-refractivity contribution in [1.29, 1.82) is 0 Å². The van der Waals surface area contributed by atoms with E-state index in [2.05, 4.69) is 0 Å². The van der Waals surface area contributed by atoms with Gasteiger partial charge in [-0.1, -0.05) is 42.5 Å². The van der Waals surface area contributed by atoms with E-state index in [1.807, 2.05) is 30.3 Å². The third-order valence-electron chi connectivity index (χ3n) is 3.18. The van der Waals surface area contributed by atoms with E-state index < -0.39 is 17.2 Å². The lowest BCUT2D eigenvalue weighted by Gasteiger charge is -2.09. The number of benzene rings is 2. The summed E-state index contributed by atoms with van der Waals surface area (Å²) in [6, 6.07) is 15.6. The maximum absolute atomic E-state index is 12.4. The Kier molecular flexibility index (Phi) is 5.03. The lowest BCUT2D eigenvalue weighted by Crippen LogP contribution is -2.14. The van der Waals surface area contributed by atoms with Crippen molar-refractivity contribution in [3.63, 3.8) is 0 Å². The van der Waals surface area contributed by atoms with Gasteiger partial charge in [0.1, 0.15) is 12.2 Å². The van der Waals surface area contributed by atoms with E-state index in [0.29, 0.717) is 0 Å². The average molecular weight is 333 g/mol. The van der Waals surface area contributed by atoms with Crippen LogP contribution < -0.4 is 10.2 Å². The first-order chi connectivity index (χ1) is 10.7. The molecule has 0 spiro atoms. The van der Waals surface area contributed by atoms with Gasteiger partial charge in [0.25, 0.3) is 5.76 Å². The number of carboxylic acid groups (broad SMARTS) is 1. The highest BCUT2D eigenvalue weighted by molar-refractivity contribution is 5.91. The zero-order valence-electron chi connectivity index (χ0n) is 11.9. The molecule has 118 valence electrons. The molecule has 0 aliphatic carbocycles. The topological polar surface area (TPSA) is 76.7 Å². The first kappa shape index (κ1) is 16.6. The van der Waals surface area contributed by atoms with Gasteiger partial charge in [-0.3, -0.25) is 4.79 Å². The van der Waals surface area contributed by atoms with Crippen molar-refractivity contribution < 1.29 is 19.1 Å². The summed E-state index contributed by atoms with van der Waals surface area (Å²) in [7, 11) is 0. The number of para-hydroxylation sites is 1. The van der Waals surface area contributed by atoms with Gasteiger partial charge >= 0.3 is 5.97 Å². The second kappa shape index (κ2) is 6.98. The van der Waals surface area contributed by atoms with Crippen LogP contribution in [-0.2, 0) is 6.61 Å². The van der Waals surface area contributed by atoms with Gasteiger partial charge in [-0.15, -0.1) is 12.4 Å². The predicted octanol–water partition coefficient (Wildman–Crippen LogP) is 3.49. The van der Waals surface area contributed by atoms with E-state index in [0.717, 1.165) is 5.56 Å². The van der Waals surface area contributed by atoms with Gasteiger partial charge in [-0.25, -0.2) is 4.79 Å². The van der Waals surface area contributed by atoms with E-state index in [4.69, 9.17) is 9.15 Å². The quantitative estimate of drug-likeness (QED) is 0.791. The van der Waals surface area contributed by atoms with Crippen LogP contribution in [0.2, 0.25) is 0 Å². The number of aromatic carboxylic acids is 1. The van der Waals surface area contributed by atoms with Crippen LogP contribution in [0.1, 0.15) is 16.1 Å². The molecule has 0 radical (unpaired) electrons. The minimum atomic E-state index is -1.34. The van der Waals surface area contributed by atoms with Crippen LogP contribution in [0.15, 0.2) is 63.8 Å². The molecule has 3 rings (SSSR count).